The monoisotopic (exact) mass is 258 g/mol. The molecule has 0 radical (unpaired) electrons. The van der Waals surface area contributed by atoms with Crippen LogP contribution in [0.2, 0.25) is 0 Å². The zero-order chi connectivity index (χ0) is 13.1. The minimum atomic E-state index is 0.356. The molecule has 1 aliphatic rings. The molecular formula is C14H18N4O. The van der Waals surface area contributed by atoms with E-state index in [9.17, 15) is 0 Å². The number of nitrogens with one attached hydrogen (secondary N) is 1. The van der Waals surface area contributed by atoms with E-state index in [2.05, 4.69) is 26.5 Å². The van der Waals surface area contributed by atoms with Crippen LogP contribution in [-0.2, 0) is 12.8 Å². The fraction of sp³-hybridized carbons (Fsp3) is 0.500. The van der Waals surface area contributed by atoms with Gasteiger partial charge in [-0.15, -0.1) is 0 Å². The van der Waals surface area contributed by atoms with Crippen LogP contribution in [0.4, 0.5) is 0 Å². The number of hydrogen-bond donors (Lipinski definition) is 1. The second-order valence-corrected chi connectivity index (χ2v) is 4.93. The summed E-state index contributed by atoms with van der Waals surface area (Å²) in [6.07, 6.45) is 6.15. The van der Waals surface area contributed by atoms with Crippen molar-refractivity contribution in [2.45, 2.75) is 38.6 Å². The lowest BCUT2D eigenvalue weighted by molar-refractivity contribution is 0.365. The van der Waals surface area contributed by atoms with E-state index in [-0.39, 0.29) is 0 Å². The summed E-state index contributed by atoms with van der Waals surface area (Å²) in [6, 6.07) is 4.55. The van der Waals surface area contributed by atoms with Gasteiger partial charge in [0, 0.05) is 25.2 Å². The Morgan fingerprint density at radius 2 is 2.42 bits per heavy atom. The third kappa shape index (κ3) is 2.81. The molecule has 2 aromatic rings. The van der Waals surface area contributed by atoms with Crippen LogP contribution < -0.4 is 5.32 Å². The van der Waals surface area contributed by atoms with Crippen molar-refractivity contribution < 1.29 is 4.52 Å². The van der Waals surface area contributed by atoms with Crippen molar-refractivity contribution in [1.82, 2.24) is 20.4 Å². The molecule has 1 atom stereocenters. The molecule has 0 spiro atoms. The average Bonchev–Trinajstić information content (AvgIpc) is 2.85. The van der Waals surface area contributed by atoms with Gasteiger partial charge >= 0.3 is 0 Å². The van der Waals surface area contributed by atoms with Gasteiger partial charge in [0.05, 0.1) is 5.69 Å². The molecule has 0 bridgehead atoms. The van der Waals surface area contributed by atoms with E-state index >= 15 is 0 Å². The maximum absolute atomic E-state index is 5.11. The summed E-state index contributed by atoms with van der Waals surface area (Å²) < 4.78 is 5.11. The van der Waals surface area contributed by atoms with E-state index < -0.39 is 0 Å². The van der Waals surface area contributed by atoms with E-state index in [1.165, 1.54) is 17.7 Å². The number of rotatable bonds is 4. The van der Waals surface area contributed by atoms with Gasteiger partial charge in [-0.3, -0.25) is 4.98 Å². The number of hydrogen-bond acceptors (Lipinski definition) is 5. The molecule has 0 fully saturated rings. The first-order valence-corrected chi connectivity index (χ1v) is 6.79. The van der Waals surface area contributed by atoms with Crippen LogP contribution in [0, 0.1) is 6.92 Å². The standard InChI is InChI=1S/C14H18N4O/c1-10-17-13(19-18-10)7-9-15-12-6-2-4-11-5-3-8-16-14(11)12/h3,5,8,12,15H,2,4,6-7,9H2,1H3. The molecule has 5 nitrogen and oxygen atoms in total. The molecule has 0 aromatic carbocycles. The Balaban J connectivity index is 1.59. The summed E-state index contributed by atoms with van der Waals surface area (Å²) >= 11 is 0. The first kappa shape index (κ1) is 12.3. The fourth-order valence-corrected chi connectivity index (χ4v) is 2.60. The molecule has 100 valence electrons. The van der Waals surface area contributed by atoms with Crippen LogP contribution >= 0.6 is 0 Å². The Hall–Kier alpha value is -1.75. The SMILES string of the molecule is Cc1noc(CCNC2CCCc3cccnc32)n1. The molecule has 2 aromatic heterocycles. The smallest absolute Gasteiger partial charge is 0.227 e. The first-order valence-electron chi connectivity index (χ1n) is 6.79. The van der Waals surface area contributed by atoms with E-state index in [4.69, 9.17) is 4.52 Å². The van der Waals surface area contributed by atoms with E-state index in [0.29, 0.717) is 17.8 Å². The minimum absolute atomic E-state index is 0.356. The van der Waals surface area contributed by atoms with Gasteiger partial charge in [-0.1, -0.05) is 11.2 Å². The van der Waals surface area contributed by atoms with Crippen molar-refractivity contribution in [3.63, 3.8) is 0 Å². The predicted octanol–water partition coefficient (Wildman–Crippen LogP) is 1.98. The second-order valence-electron chi connectivity index (χ2n) is 4.93. The molecule has 0 saturated carbocycles. The lowest BCUT2D eigenvalue weighted by Gasteiger charge is -2.24. The topological polar surface area (TPSA) is 63.8 Å². The van der Waals surface area contributed by atoms with Gasteiger partial charge in [0.15, 0.2) is 5.82 Å². The fourth-order valence-electron chi connectivity index (χ4n) is 2.60. The molecule has 2 heterocycles. The molecule has 1 unspecified atom stereocenters. The summed E-state index contributed by atoms with van der Waals surface area (Å²) in [6.45, 7) is 2.67. The third-order valence-corrected chi connectivity index (χ3v) is 3.49. The summed E-state index contributed by atoms with van der Waals surface area (Å²) in [5, 5.41) is 7.34. The van der Waals surface area contributed by atoms with E-state index in [1.807, 2.05) is 19.2 Å². The minimum Gasteiger partial charge on any atom is -0.339 e. The quantitative estimate of drug-likeness (QED) is 0.908. The highest BCUT2D eigenvalue weighted by atomic mass is 16.5. The maximum atomic E-state index is 5.11. The first-order chi connectivity index (χ1) is 9.33. The van der Waals surface area contributed by atoms with Crippen LogP contribution in [0.1, 0.15) is 41.9 Å². The van der Waals surface area contributed by atoms with Gasteiger partial charge in [0.25, 0.3) is 0 Å². The van der Waals surface area contributed by atoms with Crippen LogP contribution in [0.15, 0.2) is 22.9 Å². The molecule has 1 N–H and O–H groups in total. The summed E-state index contributed by atoms with van der Waals surface area (Å²) in [5.41, 5.74) is 2.58. The number of fused-ring (bicyclic) bond motifs is 1. The van der Waals surface area contributed by atoms with E-state index in [1.54, 1.807) is 0 Å². The van der Waals surface area contributed by atoms with Gasteiger partial charge in [0.1, 0.15) is 0 Å². The third-order valence-electron chi connectivity index (χ3n) is 3.49. The van der Waals surface area contributed by atoms with Crippen LogP contribution in [0.5, 0.6) is 0 Å². The van der Waals surface area contributed by atoms with Gasteiger partial charge in [0.2, 0.25) is 5.89 Å². The number of pyridine rings is 1. The number of nitrogens with zero attached hydrogens (tertiary/aromatic N) is 3. The molecule has 19 heavy (non-hydrogen) atoms. The van der Waals surface area contributed by atoms with Crippen LogP contribution in [0.3, 0.4) is 0 Å². The highest BCUT2D eigenvalue weighted by molar-refractivity contribution is 5.25. The van der Waals surface area contributed by atoms with Crippen LogP contribution in [-0.4, -0.2) is 21.7 Å². The Bertz CT molecular complexity index is 552. The molecule has 1 aliphatic carbocycles. The van der Waals surface area contributed by atoms with Crippen molar-refractivity contribution in [2.24, 2.45) is 0 Å². The maximum Gasteiger partial charge on any atom is 0.227 e. The van der Waals surface area contributed by atoms with Gasteiger partial charge in [-0.05, 0) is 37.8 Å². The van der Waals surface area contributed by atoms with Gasteiger partial charge in [-0.25, -0.2) is 0 Å². The number of aryl methyl sites for hydroxylation is 2. The second kappa shape index (κ2) is 5.48. The Labute approximate surface area is 112 Å². The summed E-state index contributed by atoms with van der Waals surface area (Å²) in [5.74, 6) is 1.39. The zero-order valence-electron chi connectivity index (χ0n) is 11.1. The molecule has 0 saturated heterocycles. The van der Waals surface area contributed by atoms with Crippen molar-refractivity contribution in [3.05, 3.63) is 41.3 Å². The zero-order valence-corrected chi connectivity index (χ0v) is 11.1. The Kier molecular flexibility index (Phi) is 3.55. The van der Waals surface area contributed by atoms with Crippen molar-refractivity contribution in [1.29, 1.82) is 0 Å². The lowest BCUT2D eigenvalue weighted by Crippen LogP contribution is -2.28. The lowest BCUT2D eigenvalue weighted by atomic mass is 9.92. The average molecular weight is 258 g/mol. The summed E-state index contributed by atoms with van der Waals surface area (Å²) in [4.78, 5) is 8.72. The molecule has 3 rings (SSSR count). The Morgan fingerprint density at radius 3 is 3.26 bits per heavy atom. The normalized spacial score (nSPS) is 18.3. The Morgan fingerprint density at radius 1 is 1.47 bits per heavy atom. The van der Waals surface area contributed by atoms with Crippen LogP contribution in [0.25, 0.3) is 0 Å². The van der Waals surface area contributed by atoms with E-state index in [0.717, 1.165) is 25.8 Å². The highest BCUT2D eigenvalue weighted by Crippen LogP contribution is 2.27. The largest absolute Gasteiger partial charge is 0.339 e. The number of aromatic nitrogens is 3. The van der Waals surface area contributed by atoms with Gasteiger partial charge in [-0.2, -0.15) is 4.98 Å². The molecule has 0 aliphatic heterocycles. The molecule has 0 amide bonds. The predicted molar refractivity (Wildman–Crippen MR) is 70.7 cm³/mol. The van der Waals surface area contributed by atoms with Crippen molar-refractivity contribution in [2.75, 3.05) is 6.54 Å². The molecule has 5 heteroatoms. The van der Waals surface area contributed by atoms with Crippen molar-refractivity contribution in [3.8, 4) is 0 Å². The highest BCUT2D eigenvalue weighted by Gasteiger charge is 2.20. The summed E-state index contributed by atoms with van der Waals surface area (Å²) in [7, 11) is 0. The molecular weight excluding hydrogens is 240 g/mol. The van der Waals surface area contributed by atoms with Gasteiger partial charge < -0.3 is 9.84 Å². The van der Waals surface area contributed by atoms with Crippen molar-refractivity contribution >= 4 is 0 Å².